The van der Waals surface area contributed by atoms with Gasteiger partial charge in [-0.2, -0.15) is 0 Å². The fraction of sp³-hybridized carbons (Fsp3) is 0.294. The molecular formula is C17H21N3. The number of anilines is 1. The molecule has 2 aromatic rings. The van der Waals surface area contributed by atoms with Crippen LogP contribution in [0.25, 0.3) is 0 Å². The van der Waals surface area contributed by atoms with E-state index in [4.69, 9.17) is 5.84 Å². The molecule has 1 saturated carbocycles. The molecular weight excluding hydrogens is 246 g/mol. The van der Waals surface area contributed by atoms with Crippen LogP contribution in [0.4, 0.5) is 5.69 Å². The third-order valence-corrected chi connectivity index (χ3v) is 4.15. The molecule has 1 unspecified atom stereocenters. The fourth-order valence-electron chi connectivity index (χ4n) is 2.77. The molecule has 0 heterocycles. The molecule has 0 radical (unpaired) electrons. The molecule has 0 aromatic heterocycles. The van der Waals surface area contributed by atoms with E-state index >= 15 is 0 Å². The van der Waals surface area contributed by atoms with Crippen molar-refractivity contribution in [3.05, 3.63) is 65.7 Å². The minimum atomic E-state index is 0.141. The number of rotatable bonds is 5. The molecule has 0 bridgehead atoms. The van der Waals surface area contributed by atoms with E-state index in [9.17, 15) is 0 Å². The van der Waals surface area contributed by atoms with E-state index in [1.165, 1.54) is 24.0 Å². The second kappa shape index (κ2) is 5.27. The van der Waals surface area contributed by atoms with Gasteiger partial charge in [-0.15, -0.1) is 0 Å². The summed E-state index contributed by atoms with van der Waals surface area (Å²) in [6.45, 7) is 2.23. The van der Waals surface area contributed by atoms with E-state index in [1.807, 2.05) is 12.1 Å². The lowest BCUT2D eigenvalue weighted by atomic mass is 10.0. The van der Waals surface area contributed by atoms with Gasteiger partial charge in [-0.05, 0) is 43.0 Å². The summed E-state index contributed by atoms with van der Waals surface area (Å²) < 4.78 is 0. The van der Waals surface area contributed by atoms with Crippen LogP contribution in [-0.2, 0) is 5.54 Å². The Morgan fingerprint density at radius 2 is 1.65 bits per heavy atom. The highest BCUT2D eigenvalue weighted by Gasteiger charge is 2.44. The standard InChI is InChI=1S/C17H21N3/c1-13(14-5-3-2-4-6-14)19-17(11-12-17)15-7-9-16(20-18)10-8-15/h2-10,13,19-20H,11-12,18H2,1H3. The summed E-state index contributed by atoms with van der Waals surface area (Å²) in [6.07, 6.45) is 2.39. The predicted octanol–water partition coefficient (Wildman–Crippen LogP) is 3.31. The Hall–Kier alpha value is -1.84. The van der Waals surface area contributed by atoms with Crippen molar-refractivity contribution < 1.29 is 0 Å². The highest BCUT2D eigenvalue weighted by Crippen LogP contribution is 2.47. The van der Waals surface area contributed by atoms with Crippen LogP contribution in [0.15, 0.2) is 54.6 Å². The Balaban J connectivity index is 1.75. The lowest BCUT2D eigenvalue weighted by molar-refractivity contribution is 0.451. The van der Waals surface area contributed by atoms with E-state index in [-0.39, 0.29) is 5.54 Å². The Morgan fingerprint density at radius 3 is 2.20 bits per heavy atom. The van der Waals surface area contributed by atoms with Gasteiger partial charge in [0.05, 0.1) is 0 Å². The van der Waals surface area contributed by atoms with Crippen molar-refractivity contribution in [1.82, 2.24) is 5.32 Å². The molecule has 3 nitrogen and oxygen atoms in total. The molecule has 104 valence electrons. The summed E-state index contributed by atoms with van der Waals surface area (Å²) in [5.74, 6) is 5.42. The average molecular weight is 267 g/mol. The quantitative estimate of drug-likeness (QED) is 0.575. The van der Waals surface area contributed by atoms with E-state index in [2.05, 4.69) is 60.1 Å². The molecule has 1 aliphatic rings. The third-order valence-electron chi connectivity index (χ3n) is 4.15. The predicted molar refractivity (Wildman–Crippen MR) is 83.2 cm³/mol. The summed E-state index contributed by atoms with van der Waals surface area (Å²) in [7, 11) is 0. The van der Waals surface area contributed by atoms with Crippen LogP contribution >= 0.6 is 0 Å². The van der Waals surface area contributed by atoms with Crippen molar-refractivity contribution in [3.63, 3.8) is 0 Å². The monoisotopic (exact) mass is 267 g/mol. The first-order chi connectivity index (χ1) is 9.73. The van der Waals surface area contributed by atoms with E-state index < -0.39 is 0 Å². The zero-order valence-electron chi connectivity index (χ0n) is 11.8. The van der Waals surface area contributed by atoms with Gasteiger partial charge < -0.3 is 10.7 Å². The molecule has 1 atom stereocenters. The number of hydrazine groups is 1. The van der Waals surface area contributed by atoms with Gasteiger partial charge in [-0.1, -0.05) is 42.5 Å². The first-order valence-corrected chi connectivity index (χ1v) is 7.13. The van der Waals surface area contributed by atoms with Crippen molar-refractivity contribution >= 4 is 5.69 Å². The van der Waals surface area contributed by atoms with Gasteiger partial charge in [0.15, 0.2) is 0 Å². The van der Waals surface area contributed by atoms with Crippen molar-refractivity contribution in [1.29, 1.82) is 0 Å². The Morgan fingerprint density at radius 1 is 1.00 bits per heavy atom. The van der Waals surface area contributed by atoms with Crippen molar-refractivity contribution in [2.24, 2.45) is 5.84 Å². The molecule has 2 aromatic carbocycles. The fourth-order valence-corrected chi connectivity index (χ4v) is 2.77. The largest absolute Gasteiger partial charge is 0.324 e. The number of hydrogen-bond acceptors (Lipinski definition) is 3. The SMILES string of the molecule is CC(NC1(c2ccc(NN)cc2)CC1)c1ccccc1. The summed E-state index contributed by atoms with van der Waals surface area (Å²) in [4.78, 5) is 0. The molecule has 4 N–H and O–H groups in total. The molecule has 1 aliphatic carbocycles. The summed E-state index contributed by atoms with van der Waals surface area (Å²) in [6, 6.07) is 19.3. The van der Waals surface area contributed by atoms with E-state index in [0.29, 0.717) is 6.04 Å². The van der Waals surface area contributed by atoms with Crippen LogP contribution in [0.5, 0.6) is 0 Å². The zero-order valence-corrected chi connectivity index (χ0v) is 11.8. The van der Waals surface area contributed by atoms with Crippen LogP contribution in [-0.4, -0.2) is 0 Å². The maximum atomic E-state index is 5.42. The molecule has 0 saturated heterocycles. The molecule has 0 spiro atoms. The summed E-state index contributed by atoms with van der Waals surface area (Å²) >= 11 is 0. The van der Waals surface area contributed by atoms with Crippen molar-refractivity contribution in [3.8, 4) is 0 Å². The van der Waals surface area contributed by atoms with Gasteiger partial charge in [-0.25, -0.2) is 0 Å². The third kappa shape index (κ3) is 2.55. The van der Waals surface area contributed by atoms with Crippen LogP contribution in [0, 0.1) is 0 Å². The van der Waals surface area contributed by atoms with Crippen molar-refractivity contribution in [2.75, 3.05) is 5.43 Å². The molecule has 0 amide bonds. The number of nitrogens with one attached hydrogen (secondary N) is 2. The van der Waals surface area contributed by atoms with Gasteiger partial charge in [0.1, 0.15) is 0 Å². The first-order valence-electron chi connectivity index (χ1n) is 7.13. The van der Waals surface area contributed by atoms with Gasteiger partial charge in [0.2, 0.25) is 0 Å². The van der Waals surface area contributed by atoms with Crippen molar-refractivity contribution in [2.45, 2.75) is 31.3 Å². The van der Waals surface area contributed by atoms with E-state index in [0.717, 1.165) is 5.69 Å². The Labute approximate surface area is 120 Å². The van der Waals surface area contributed by atoms with Gasteiger partial charge in [0.25, 0.3) is 0 Å². The highest BCUT2D eigenvalue weighted by atomic mass is 15.2. The van der Waals surface area contributed by atoms with Gasteiger partial charge >= 0.3 is 0 Å². The first kappa shape index (κ1) is 13.2. The second-order valence-electron chi connectivity index (χ2n) is 5.58. The summed E-state index contributed by atoms with van der Waals surface area (Å²) in [5.41, 5.74) is 6.44. The molecule has 20 heavy (non-hydrogen) atoms. The maximum Gasteiger partial charge on any atom is 0.0485 e. The highest BCUT2D eigenvalue weighted by molar-refractivity contribution is 5.46. The van der Waals surface area contributed by atoms with Crippen LogP contribution in [0.2, 0.25) is 0 Å². The minimum Gasteiger partial charge on any atom is -0.324 e. The number of nitrogens with two attached hydrogens (primary N) is 1. The Bertz CT molecular complexity index is 559. The van der Waals surface area contributed by atoms with Gasteiger partial charge in [0, 0.05) is 17.3 Å². The topological polar surface area (TPSA) is 50.1 Å². The molecule has 3 rings (SSSR count). The molecule has 1 fully saturated rings. The van der Waals surface area contributed by atoms with E-state index in [1.54, 1.807) is 0 Å². The second-order valence-corrected chi connectivity index (χ2v) is 5.58. The smallest absolute Gasteiger partial charge is 0.0485 e. The van der Waals surface area contributed by atoms with Crippen LogP contribution in [0.1, 0.15) is 36.9 Å². The number of hydrogen-bond donors (Lipinski definition) is 3. The van der Waals surface area contributed by atoms with Gasteiger partial charge in [-0.3, -0.25) is 5.84 Å². The van der Waals surface area contributed by atoms with Crippen LogP contribution < -0.4 is 16.6 Å². The zero-order chi connectivity index (χ0) is 14.0. The normalized spacial score (nSPS) is 17.5. The lowest BCUT2D eigenvalue weighted by Gasteiger charge is -2.24. The summed E-state index contributed by atoms with van der Waals surface area (Å²) in [5, 5.41) is 3.79. The molecule has 0 aliphatic heterocycles. The lowest BCUT2D eigenvalue weighted by Crippen LogP contribution is -2.31. The maximum absolute atomic E-state index is 5.42. The minimum absolute atomic E-state index is 0.141. The van der Waals surface area contributed by atoms with Crippen LogP contribution in [0.3, 0.4) is 0 Å². The average Bonchev–Trinajstić information content (AvgIpc) is 3.29. The number of benzene rings is 2. The Kier molecular flexibility index (Phi) is 3.47. The number of nitrogen functional groups attached to an aromatic ring is 1. The molecule has 3 heteroatoms.